The zero-order valence-corrected chi connectivity index (χ0v) is 7.74. The first-order valence-corrected chi connectivity index (χ1v) is 4.00. The third-order valence-electron chi connectivity index (χ3n) is 1.36. The number of halogens is 1. The summed E-state index contributed by atoms with van der Waals surface area (Å²) in [6.07, 6.45) is 1.80. The molecule has 0 aliphatic carbocycles. The summed E-state index contributed by atoms with van der Waals surface area (Å²) in [4.78, 5) is 0. The molecule has 1 atom stereocenters. The second kappa shape index (κ2) is 3.34. The van der Waals surface area contributed by atoms with Crippen LogP contribution >= 0.6 is 15.9 Å². The first-order chi connectivity index (χ1) is 5.15. The van der Waals surface area contributed by atoms with Crippen molar-refractivity contribution in [2.45, 2.75) is 6.04 Å². The molecule has 4 nitrogen and oxygen atoms in total. The first-order valence-electron chi connectivity index (χ1n) is 3.20. The van der Waals surface area contributed by atoms with E-state index in [1.807, 2.05) is 0 Å². The number of aromatic nitrogens is 2. The van der Waals surface area contributed by atoms with E-state index in [2.05, 4.69) is 21.0 Å². The minimum absolute atomic E-state index is 0.0877. The summed E-state index contributed by atoms with van der Waals surface area (Å²) >= 11 is 3.28. The lowest BCUT2D eigenvalue weighted by atomic mass is 10.2. The van der Waals surface area contributed by atoms with Crippen molar-refractivity contribution in [2.24, 2.45) is 12.8 Å². The molecule has 0 bridgehead atoms. The highest BCUT2D eigenvalue weighted by atomic mass is 79.9. The Bertz CT molecular complexity index is 248. The van der Waals surface area contributed by atoms with Gasteiger partial charge in [0.2, 0.25) is 0 Å². The van der Waals surface area contributed by atoms with Gasteiger partial charge in [0, 0.05) is 13.2 Å². The summed E-state index contributed by atoms with van der Waals surface area (Å²) in [7, 11) is 1.80. The zero-order chi connectivity index (χ0) is 8.43. The Morgan fingerprint density at radius 2 is 2.55 bits per heavy atom. The van der Waals surface area contributed by atoms with Crippen LogP contribution in [0.1, 0.15) is 11.7 Å². The molecule has 0 saturated heterocycles. The van der Waals surface area contributed by atoms with Gasteiger partial charge in [0.15, 0.2) is 0 Å². The second-order valence-corrected chi connectivity index (χ2v) is 3.18. The van der Waals surface area contributed by atoms with E-state index in [0.29, 0.717) is 5.69 Å². The normalized spacial score (nSPS) is 13.5. The lowest BCUT2D eigenvalue weighted by molar-refractivity contribution is 0.265. The average Bonchev–Trinajstić information content (AvgIpc) is 2.28. The summed E-state index contributed by atoms with van der Waals surface area (Å²) in [5.74, 6) is 0. The van der Waals surface area contributed by atoms with E-state index in [-0.39, 0.29) is 6.61 Å². The molecule has 0 spiro atoms. The van der Waals surface area contributed by atoms with Crippen LogP contribution in [-0.4, -0.2) is 21.5 Å². The van der Waals surface area contributed by atoms with Crippen molar-refractivity contribution in [1.29, 1.82) is 0 Å². The predicted octanol–water partition coefficient (Wildman–Crippen LogP) is 0.175. The molecule has 0 aliphatic heterocycles. The average molecular weight is 220 g/mol. The fourth-order valence-electron chi connectivity index (χ4n) is 0.814. The van der Waals surface area contributed by atoms with Gasteiger partial charge in [-0.2, -0.15) is 5.10 Å². The minimum atomic E-state index is -0.398. The molecule has 0 amide bonds. The van der Waals surface area contributed by atoms with Crippen LogP contribution in [0.2, 0.25) is 0 Å². The second-order valence-electron chi connectivity index (χ2n) is 2.33. The van der Waals surface area contributed by atoms with Crippen molar-refractivity contribution in [3.63, 3.8) is 0 Å². The molecule has 1 unspecified atom stereocenters. The van der Waals surface area contributed by atoms with Gasteiger partial charge in [0.1, 0.15) is 0 Å². The topological polar surface area (TPSA) is 64.1 Å². The monoisotopic (exact) mass is 219 g/mol. The highest BCUT2D eigenvalue weighted by Crippen LogP contribution is 2.19. The number of aryl methyl sites for hydroxylation is 1. The number of hydrogen-bond acceptors (Lipinski definition) is 3. The Hall–Kier alpha value is -0.390. The zero-order valence-electron chi connectivity index (χ0n) is 6.16. The molecule has 11 heavy (non-hydrogen) atoms. The molecule has 1 rings (SSSR count). The van der Waals surface area contributed by atoms with Gasteiger partial charge in [-0.3, -0.25) is 4.68 Å². The number of aliphatic hydroxyl groups excluding tert-OH is 1. The van der Waals surface area contributed by atoms with E-state index in [1.54, 1.807) is 17.9 Å². The molecule has 5 heteroatoms. The van der Waals surface area contributed by atoms with Crippen molar-refractivity contribution in [2.75, 3.05) is 6.61 Å². The van der Waals surface area contributed by atoms with Crippen LogP contribution in [0.15, 0.2) is 10.7 Å². The first kappa shape index (κ1) is 8.70. The molecule has 0 fully saturated rings. The van der Waals surface area contributed by atoms with Crippen molar-refractivity contribution >= 4 is 15.9 Å². The van der Waals surface area contributed by atoms with Crippen molar-refractivity contribution in [3.8, 4) is 0 Å². The minimum Gasteiger partial charge on any atom is -0.394 e. The van der Waals surface area contributed by atoms with Gasteiger partial charge in [-0.25, -0.2) is 0 Å². The van der Waals surface area contributed by atoms with Gasteiger partial charge < -0.3 is 10.8 Å². The highest BCUT2D eigenvalue weighted by Gasteiger charge is 2.11. The molecule has 1 aromatic rings. The fourth-order valence-corrected chi connectivity index (χ4v) is 1.48. The Kier molecular flexibility index (Phi) is 2.64. The van der Waals surface area contributed by atoms with Crippen LogP contribution in [0.25, 0.3) is 0 Å². The number of hydrogen-bond donors (Lipinski definition) is 2. The third-order valence-corrected chi connectivity index (χ3v) is 1.97. The van der Waals surface area contributed by atoms with Gasteiger partial charge in [-0.05, 0) is 15.9 Å². The number of aliphatic hydroxyl groups is 1. The fraction of sp³-hybridized carbons (Fsp3) is 0.500. The number of nitrogens with zero attached hydrogens (tertiary/aromatic N) is 2. The maximum Gasteiger partial charge on any atom is 0.0956 e. The van der Waals surface area contributed by atoms with E-state index in [1.165, 1.54) is 0 Å². The van der Waals surface area contributed by atoms with E-state index >= 15 is 0 Å². The molecule has 1 heterocycles. The van der Waals surface area contributed by atoms with Crippen molar-refractivity contribution < 1.29 is 5.11 Å². The van der Waals surface area contributed by atoms with Gasteiger partial charge >= 0.3 is 0 Å². The van der Waals surface area contributed by atoms with Gasteiger partial charge in [-0.15, -0.1) is 0 Å². The Labute approximate surface area is 73.1 Å². The molecule has 0 saturated carbocycles. The molecule has 1 aromatic heterocycles. The standard InChI is InChI=1S/C6H10BrN3O/c1-10-2-4(7)6(9-10)5(8)3-11/h2,5,11H,3,8H2,1H3. The van der Waals surface area contributed by atoms with E-state index in [4.69, 9.17) is 10.8 Å². The van der Waals surface area contributed by atoms with Crippen molar-refractivity contribution in [3.05, 3.63) is 16.4 Å². The predicted molar refractivity (Wildman–Crippen MR) is 44.9 cm³/mol. The summed E-state index contributed by atoms with van der Waals surface area (Å²) in [5, 5.41) is 12.8. The molecule has 0 aliphatic rings. The maximum absolute atomic E-state index is 8.73. The molecule has 0 aromatic carbocycles. The smallest absolute Gasteiger partial charge is 0.0956 e. The lowest BCUT2D eigenvalue weighted by Crippen LogP contribution is -2.15. The SMILES string of the molecule is Cn1cc(Br)c(C(N)CO)n1. The Morgan fingerprint density at radius 3 is 2.91 bits per heavy atom. The summed E-state index contributed by atoms with van der Waals surface area (Å²) in [6.45, 7) is -0.0877. The lowest BCUT2D eigenvalue weighted by Gasteiger charge is -2.03. The quantitative estimate of drug-likeness (QED) is 0.746. The van der Waals surface area contributed by atoms with Crippen LogP contribution < -0.4 is 5.73 Å². The molecular weight excluding hydrogens is 210 g/mol. The summed E-state index contributed by atoms with van der Waals surface area (Å²) in [6, 6.07) is -0.398. The van der Waals surface area contributed by atoms with Crippen LogP contribution in [0.5, 0.6) is 0 Å². The summed E-state index contributed by atoms with van der Waals surface area (Å²) in [5.41, 5.74) is 6.24. The maximum atomic E-state index is 8.73. The molecule has 62 valence electrons. The van der Waals surface area contributed by atoms with Crippen molar-refractivity contribution in [1.82, 2.24) is 9.78 Å². The van der Waals surface area contributed by atoms with E-state index < -0.39 is 6.04 Å². The summed E-state index contributed by atoms with van der Waals surface area (Å²) < 4.78 is 2.48. The van der Waals surface area contributed by atoms with Gasteiger partial charge in [0.25, 0.3) is 0 Å². The van der Waals surface area contributed by atoms with E-state index in [0.717, 1.165) is 4.47 Å². The highest BCUT2D eigenvalue weighted by molar-refractivity contribution is 9.10. The largest absolute Gasteiger partial charge is 0.394 e. The number of nitrogens with two attached hydrogens (primary N) is 1. The van der Waals surface area contributed by atoms with Gasteiger partial charge in [0.05, 0.1) is 22.8 Å². The Balaban J connectivity index is 2.93. The van der Waals surface area contributed by atoms with Crippen LogP contribution in [0.3, 0.4) is 0 Å². The van der Waals surface area contributed by atoms with Gasteiger partial charge in [-0.1, -0.05) is 0 Å². The molecule has 3 N–H and O–H groups in total. The van der Waals surface area contributed by atoms with Crippen LogP contribution in [-0.2, 0) is 7.05 Å². The van der Waals surface area contributed by atoms with Crippen LogP contribution in [0, 0.1) is 0 Å². The molecular formula is C6H10BrN3O. The Morgan fingerprint density at radius 1 is 1.91 bits per heavy atom. The third kappa shape index (κ3) is 1.79. The van der Waals surface area contributed by atoms with Crippen LogP contribution in [0.4, 0.5) is 0 Å². The number of rotatable bonds is 2. The molecule has 0 radical (unpaired) electrons. The van der Waals surface area contributed by atoms with E-state index in [9.17, 15) is 0 Å².